The molecule has 0 spiro atoms. The van der Waals surface area contributed by atoms with Gasteiger partial charge in [-0.25, -0.2) is 0 Å². The molecule has 1 unspecified atom stereocenters. The fraction of sp³-hybridized carbons (Fsp3) is 1.00. The third-order valence-electron chi connectivity index (χ3n) is 2.30. The molecule has 1 saturated heterocycles. The van der Waals surface area contributed by atoms with Crippen LogP contribution in [0.1, 0.15) is 34.1 Å². The Labute approximate surface area is 91.5 Å². The highest BCUT2D eigenvalue weighted by molar-refractivity contribution is 4.83. The molecule has 90 valence electrons. The highest BCUT2D eigenvalue weighted by Crippen LogP contribution is 2.30. The summed E-state index contributed by atoms with van der Waals surface area (Å²) in [6.07, 6.45) is 0.343. The standard InChI is InChI=1S/C11H22O4/c1-9(12)5-6-13-7-11(4)8-14-10(2,3)15-11/h9,12H,5-8H2,1-4H3/t9-,11?/m1/s1. The van der Waals surface area contributed by atoms with E-state index in [0.717, 1.165) is 0 Å². The molecule has 0 aromatic carbocycles. The molecule has 1 heterocycles. The third-order valence-corrected chi connectivity index (χ3v) is 2.30. The Morgan fingerprint density at radius 2 is 2.07 bits per heavy atom. The quantitative estimate of drug-likeness (QED) is 0.707. The van der Waals surface area contributed by atoms with Crippen molar-refractivity contribution >= 4 is 0 Å². The highest BCUT2D eigenvalue weighted by Gasteiger charge is 2.42. The summed E-state index contributed by atoms with van der Waals surface area (Å²) in [6, 6.07) is 0. The molecule has 4 nitrogen and oxygen atoms in total. The van der Waals surface area contributed by atoms with Crippen molar-refractivity contribution in [2.24, 2.45) is 0 Å². The molecule has 0 aromatic rings. The first-order chi connectivity index (χ1) is 6.83. The Morgan fingerprint density at radius 1 is 1.40 bits per heavy atom. The summed E-state index contributed by atoms with van der Waals surface area (Å²) < 4.78 is 16.7. The van der Waals surface area contributed by atoms with Crippen LogP contribution in [0, 0.1) is 0 Å². The van der Waals surface area contributed by atoms with E-state index in [2.05, 4.69) is 0 Å². The molecule has 0 aromatic heterocycles. The molecule has 1 fully saturated rings. The van der Waals surface area contributed by atoms with Crippen LogP contribution >= 0.6 is 0 Å². The lowest BCUT2D eigenvalue weighted by Crippen LogP contribution is -2.36. The largest absolute Gasteiger partial charge is 0.393 e. The van der Waals surface area contributed by atoms with Gasteiger partial charge in [0, 0.05) is 6.61 Å². The van der Waals surface area contributed by atoms with Gasteiger partial charge in [-0.1, -0.05) is 0 Å². The van der Waals surface area contributed by atoms with Crippen molar-refractivity contribution in [1.29, 1.82) is 0 Å². The average Bonchev–Trinajstić information content (AvgIpc) is 2.35. The molecule has 0 amide bonds. The fourth-order valence-electron chi connectivity index (χ4n) is 1.59. The molecule has 0 saturated carbocycles. The Hall–Kier alpha value is -0.160. The summed E-state index contributed by atoms with van der Waals surface area (Å²) >= 11 is 0. The van der Waals surface area contributed by atoms with E-state index in [-0.39, 0.29) is 11.7 Å². The Kier molecular flexibility index (Phi) is 4.12. The van der Waals surface area contributed by atoms with Crippen LogP contribution < -0.4 is 0 Å². The first-order valence-electron chi connectivity index (χ1n) is 5.43. The normalized spacial score (nSPS) is 31.8. The summed E-state index contributed by atoms with van der Waals surface area (Å²) in [4.78, 5) is 0. The second-order valence-corrected chi connectivity index (χ2v) is 4.93. The van der Waals surface area contributed by atoms with E-state index in [9.17, 15) is 0 Å². The van der Waals surface area contributed by atoms with Crippen LogP contribution in [0.4, 0.5) is 0 Å². The lowest BCUT2D eigenvalue weighted by molar-refractivity contribution is -0.169. The number of aliphatic hydroxyl groups excluding tert-OH is 1. The average molecular weight is 218 g/mol. The summed E-state index contributed by atoms with van der Waals surface area (Å²) in [5, 5.41) is 9.06. The number of aliphatic hydroxyl groups is 1. The summed E-state index contributed by atoms with van der Waals surface area (Å²) in [5.74, 6) is -0.512. The van der Waals surface area contributed by atoms with Gasteiger partial charge in [-0.3, -0.25) is 0 Å². The predicted octanol–water partition coefficient (Wildman–Crippen LogP) is 1.32. The first-order valence-corrected chi connectivity index (χ1v) is 5.43. The molecule has 15 heavy (non-hydrogen) atoms. The van der Waals surface area contributed by atoms with Gasteiger partial charge in [0.2, 0.25) is 0 Å². The van der Waals surface area contributed by atoms with Crippen LogP contribution in [-0.4, -0.2) is 42.4 Å². The van der Waals surface area contributed by atoms with E-state index in [1.807, 2.05) is 20.8 Å². The monoisotopic (exact) mass is 218 g/mol. The predicted molar refractivity (Wildman–Crippen MR) is 56.6 cm³/mol. The maximum atomic E-state index is 9.06. The van der Waals surface area contributed by atoms with Crippen LogP contribution in [0.2, 0.25) is 0 Å². The molecule has 1 aliphatic heterocycles. The van der Waals surface area contributed by atoms with Gasteiger partial charge in [0.15, 0.2) is 5.79 Å². The van der Waals surface area contributed by atoms with Gasteiger partial charge < -0.3 is 19.3 Å². The van der Waals surface area contributed by atoms with Gasteiger partial charge in [0.1, 0.15) is 5.60 Å². The summed E-state index contributed by atoms with van der Waals surface area (Å²) in [6.45, 7) is 9.13. The van der Waals surface area contributed by atoms with Crippen LogP contribution in [0.3, 0.4) is 0 Å². The minimum atomic E-state index is -0.512. The van der Waals surface area contributed by atoms with Crippen LogP contribution in [0.5, 0.6) is 0 Å². The van der Waals surface area contributed by atoms with Crippen molar-refractivity contribution in [3.63, 3.8) is 0 Å². The maximum Gasteiger partial charge on any atom is 0.163 e. The molecule has 1 N–H and O–H groups in total. The molecule has 4 heteroatoms. The molecular weight excluding hydrogens is 196 g/mol. The fourth-order valence-corrected chi connectivity index (χ4v) is 1.59. The lowest BCUT2D eigenvalue weighted by Gasteiger charge is -2.24. The van der Waals surface area contributed by atoms with Crippen LogP contribution in [0.25, 0.3) is 0 Å². The summed E-state index contributed by atoms with van der Waals surface area (Å²) in [7, 11) is 0. The van der Waals surface area contributed by atoms with Crippen molar-refractivity contribution < 1.29 is 19.3 Å². The van der Waals surface area contributed by atoms with Crippen molar-refractivity contribution in [2.75, 3.05) is 19.8 Å². The smallest absolute Gasteiger partial charge is 0.163 e. The van der Waals surface area contributed by atoms with E-state index in [1.165, 1.54) is 0 Å². The van der Waals surface area contributed by atoms with E-state index in [1.54, 1.807) is 6.92 Å². The van der Waals surface area contributed by atoms with E-state index in [0.29, 0.717) is 26.2 Å². The Morgan fingerprint density at radius 3 is 2.53 bits per heavy atom. The number of rotatable bonds is 5. The van der Waals surface area contributed by atoms with Gasteiger partial charge in [-0.15, -0.1) is 0 Å². The second-order valence-electron chi connectivity index (χ2n) is 4.93. The molecule has 2 atom stereocenters. The molecule has 0 bridgehead atoms. The zero-order chi connectivity index (χ0) is 11.5. The SMILES string of the molecule is C[C@@H](O)CCOCC1(C)COC(C)(C)O1. The zero-order valence-electron chi connectivity index (χ0n) is 10.1. The number of ether oxygens (including phenoxy) is 3. The van der Waals surface area contributed by atoms with Gasteiger partial charge in [-0.2, -0.15) is 0 Å². The van der Waals surface area contributed by atoms with Gasteiger partial charge in [0.25, 0.3) is 0 Å². The van der Waals surface area contributed by atoms with Crippen LogP contribution in [-0.2, 0) is 14.2 Å². The minimum Gasteiger partial charge on any atom is -0.393 e. The topological polar surface area (TPSA) is 47.9 Å². The van der Waals surface area contributed by atoms with Gasteiger partial charge in [-0.05, 0) is 34.1 Å². The first kappa shape index (κ1) is 12.9. The second kappa shape index (κ2) is 4.78. The minimum absolute atomic E-state index is 0.310. The van der Waals surface area contributed by atoms with Crippen molar-refractivity contribution in [1.82, 2.24) is 0 Å². The molecule has 1 aliphatic rings. The number of hydrogen-bond donors (Lipinski definition) is 1. The van der Waals surface area contributed by atoms with Crippen LogP contribution in [0.15, 0.2) is 0 Å². The summed E-state index contributed by atoms with van der Waals surface area (Å²) in [5.41, 5.74) is -0.359. The Bertz CT molecular complexity index is 203. The lowest BCUT2D eigenvalue weighted by atomic mass is 10.1. The van der Waals surface area contributed by atoms with E-state index < -0.39 is 5.79 Å². The van der Waals surface area contributed by atoms with Gasteiger partial charge in [0.05, 0.1) is 19.3 Å². The highest BCUT2D eigenvalue weighted by atomic mass is 16.8. The van der Waals surface area contributed by atoms with Crippen molar-refractivity contribution in [3.8, 4) is 0 Å². The molecule has 1 rings (SSSR count). The number of hydrogen-bond acceptors (Lipinski definition) is 4. The maximum absolute atomic E-state index is 9.06. The molecule has 0 aliphatic carbocycles. The van der Waals surface area contributed by atoms with Crippen molar-refractivity contribution in [3.05, 3.63) is 0 Å². The third kappa shape index (κ3) is 4.47. The van der Waals surface area contributed by atoms with Crippen molar-refractivity contribution in [2.45, 2.75) is 51.6 Å². The molecule has 0 radical (unpaired) electrons. The van der Waals surface area contributed by atoms with E-state index >= 15 is 0 Å². The zero-order valence-corrected chi connectivity index (χ0v) is 10.1. The Balaban J connectivity index is 2.21. The molecular formula is C11H22O4. The van der Waals surface area contributed by atoms with Gasteiger partial charge >= 0.3 is 0 Å². The van der Waals surface area contributed by atoms with E-state index in [4.69, 9.17) is 19.3 Å².